The van der Waals surface area contributed by atoms with Crippen LogP contribution in [0.5, 0.6) is 5.75 Å². The van der Waals surface area contributed by atoms with Crippen LogP contribution in [0.15, 0.2) is 24.4 Å². The number of imidazole rings is 1. The summed E-state index contributed by atoms with van der Waals surface area (Å²) in [6.45, 7) is 10.3. The maximum atomic E-state index is 6.19. The number of nitrogens with one attached hydrogen (secondary N) is 1. The van der Waals surface area contributed by atoms with Crippen molar-refractivity contribution in [2.45, 2.75) is 40.2 Å². The second-order valence-electron chi connectivity index (χ2n) is 8.83. The van der Waals surface area contributed by atoms with Crippen molar-refractivity contribution >= 4 is 28.9 Å². The Morgan fingerprint density at radius 1 is 1.06 bits per heavy atom. The van der Waals surface area contributed by atoms with Crippen molar-refractivity contribution in [2.24, 2.45) is 0 Å². The Morgan fingerprint density at radius 3 is 2.67 bits per heavy atom. The molecule has 9 heteroatoms. The predicted molar refractivity (Wildman–Crippen MR) is 130 cm³/mol. The van der Waals surface area contributed by atoms with E-state index in [1.807, 2.05) is 19.2 Å². The highest BCUT2D eigenvalue weighted by atomic mass is 16.5. The molecule has 5 rings (SSSR count). The summed E-state index contributed by atoms with van der Waals surface area (Å²) in [6, 6.07) is 6.31. The molecule has 5 N–H and O–H groups in total. The molecule has 0 atom stereocenters. The Morgan fingerprint density at radius 2 is 1.88 bits per heavy atom. The van der Waals surface area contributed by atoms with Gasteiger partial charge in [0.1, 0.15) is 18.2 Å². The molecule has 0 saturated carbocycles. The molecule has 170 valence electrons. The fourth-order valence-corrected chi connectivity index (χ4v) is 4.64. The number of H-pyrrole nitrogens is 1. The third kappa shape index (κ3) is 3.79. The van der Waals surface area contributed by atoms with Crippen molar-refractivity contribution in [3.63, 3.8) is 0 Å². The number of aromatic nitrogens is 5. The first kappa shape index (κ1) is 21.0. The number of pyridine rings is 1. The first-order chi connectivity index (χ1) is 15.8. The molecule has 0 fully saturated rings. The Kier molecular flexibility index (Phi) is 5.03. The smallest absolute Gasteiger partial charge is 0.222 e. The van der Waals surface area contributed by atoms with Crippen LogP contribution in [-0.4, -0.2) is 38.1 Å². The molecule has 0 amide bonds. The van der Waals surface area contributed by atoms with E-state index in [0.29, 0.717) is 37.2 Å². The average Bonchev–Trinajstić information content (AvgIpc) is 2.98. The van der Waals surface area contributed by atoms with E-state index >= 15 is 0 Å². The zero-order valence-electron chi connectivity index (χ0n) is 19.3. The number of rotatable bonds is 3. The van der Waals surface area contributed by atoms with E-state index < -0.39 is 0 Å². The number of nitrogens with zero attached hydrogens (tertiary/aromatic N) is 5. The molecule has 0 radical (unpaired) electrons. The van der Waals surface area contributed by atoms with Crippen LogP contribution in [0.3, 0.4) is 0 Å². The predicted octanol–water partition coefficient (Wildman–Crippen LogP) is 3.72. The number of nitrogen functional groups attached to an aromatic ring is 2. The molecule has 4 aromatic rings. The molecular weight excluding hydrogens is 416 g/mol. The minimum absolute atomic E-state index is 0.275. The molecule has 0 spiro atoms. The van der Waals surface area contributed by atoms with E-state index in [2.05, 4.69) is 62.7 Å². The lowest BCUT2D eigenvalue weighted by Gasteiger charge is -2.26. The minimum atomic E-state index is 0.275. The lowest BCUT2D eigenvalue weighted by molar-refractivity contribution is 0.329. The fraction of sp³-hybridized carbons (Fsp3) is 0.333. The van der Waals surface area contributed by atoms with Crippen LogP contribution in [0.1, 0.15) is 42.1 Å². The number of ether oxygens (including phenoxy) is 1. The number of nitrogens with two attached hydrogens (primary N) is 2. The van der Waals surface area contributed by atoms with Gasteiger partial charge >= 0.3 is 0 Å². The summed E-state index contributed by atoms with van der Waals surface area (Å²) in [7, 11) is 0. The van der Waals surface area contributed by atoms with Crippen molar-refractivity contribution in [1.82, 2.24) is 24.9 Å². The monoisotopic (exact) mass is 444 g/mol. The zero-order chi connectivity index (χ0) is 23.3. The second-order valence-corrected chi connectivity index (χ2v) is 8.83. The van der Waals surface area contributed by atoms with Gasteiger partial charge in [0.05, 0.1) is 12.1 Å². The van der Waals surface area contributed by atoms with Gasteiger partial charge in [-0.3, -0.25) is 0 Å². The molecule has 0 bridgehead atoms. The number of aromatic amines is 1. The van der Waals surface area contributed by atoms with Crippen molar-refractivity contribution in [1.29, 1.82) is 0 Å². The molecule has 1 aromatic carbocycles. The van der Waals surface area contributed by atoms with E-state index in [4.69, 9.17) is 16.2 Å². The van der Waals surface area contributed by atoms with Crippen LogP contribution >= 0.6 is 0 Å². The van der Waals surface area contributed by atoms with Gasteiger partial charge < -0.3 is 26.1 Å². The third-order valence-corrected chi connectivity index (χ3v) is 6.02. The van der Waals surface area contributed by atoms with Gasteiger partial charge in [0, 0.05) is 35.1 Å². The van der Waals surface area contributed by atoms with E-state index in [1.165, 1.54) is 0 Å². The highest BCUT2D eigenvalue weighted by molar-refractivity contribution is 5.80. The number of hydrogen-bond donors (Lipinski definition) is 3. The lowest BCUT2D eigenvalue weighted by Crippen LogP contribution is -2.28. The van der Waals surface area contributed by atoms with Gasteiger partial charge in [0.15, 0.2) is 11.6 Å². The summed E-state index contributed by atoms with van der Waals surface area (Å²) in [5.74, 6) is 2.73. The summed E-state index contributed by atoms with van der Waals surface area (Å²) < 4.78 is 6.19. The summed E-state index contributed by atoms with van der Waals surface area (Å²) in [5, 5.41) is 0. The van der Waals surface area contributed by atoms with Crippen molar-refractivity contribution in [3.05, 3.63) is 46.8 Å². The maximum absolute atomic E-state index is 6.19. The van der Waals surface area contributed by atoms with Crippen LogP contribution in [0.25, 0.3) is 22.3 Å². The minimum Gasteiger partial charge on any atom is -0.491 e. The van der Waals surface area contributed by atoms with Gasteiger partial charge in [0.2, 0.25) is 5.95 Å². The highest BCUT2D eigenvalue weighted by Gasteiger charge is 2.24. The van der Waals surface area contributed by atoms with Crippen molar-refractivity contribution in [3.8, 4) is 16.9 Å². The van der Waals surface area contributed by atoms with Crippen LogP contribution in [0, 0.1) is 13.8 Å². The van der Waals surface area contributed by atoms with Crippen molar-refractivity contribution in [2.75, 3.05) is 29.5 Å². The van der Waals surface area contributed by atoms with Crippen LogP contribution < -0.4 is 21.1 Å². The second kappa shape index (κ2) is 7.91. The largest absolute Gasteiger partial charge is 0.491 e. The van der Waals surface area contributed by atoms with Crippen LogP contribution in [-0.2, 0) is 6.54 Å². The Balaban J connectivity index is 1.58. The summed E-state index contributed by atoms with van der Waals surface area (Å²) in [4.78, 5) is 23.0. The summed E-state index contributed by atoms with van der Waals surface area (Å²) in [5.41, 5.74) is 19.5. The quantitative estimate of drug-likeness (QED) is 0.436. The van der Waals surface area contributed by atoms with E-state index in [0.717, 1.165) is 50.6 Å². The van der Waals surface area contributed by atoms with Gasteiger partial charge in [-0.05, 0) is 49.1 Å². The first-order valence-electron chi connectivity index (χ1n) is 11.1. The molecule has 33 heavy (non-hydrogen) atoms. The molecule has 3 aromatic heterocycles. The third-order valence-electron chi connectivity index (χ3n) is 6.02. The topological polar surface area (TPSA) is 132 Å². The van der Waals surface area contributed by atoms with E-state index in [9.17, 15) is 0 Å². The number of fused-ring (bicyclic) bond motifs is 2. The number of hydrogen-bond acceptors (Lipinski definition) is 8. The van der Waals surface area contributed by atoms with Crippen LogP contribution in [0.2, 0.25) is 0 Å². The normalized spacial score (nSPS) is 13.8. The molecule has 4 heterocycles. The summed E-state index contributed by atoms with van der Waals surface area (Å²) >= 11 is 0. The molecule has 1 aliphatic heterocycles. The van der Waals surface area contributed by atoms with Gasteiger partial charge in [-0.2, -0.15) is 9.97 Å². The van der Waals surface area contributed by atoms with Crippen molar-refractivity contribution < 1.29 is 4.74 Å². The molecule has 0 unspecified atom stereocenters. The van der Waals surface area contributed by atoms with E-state index in [-0.39, 0.29) is 5.92 Å². The molecule has 1 aliphatic rings. The number of anilines is 3. The van der Waals surface area contributed by atoms with Gasteiger partial charge in [-0.25, -0.2) is 9.97 Å². The zero-order valence-corrected chi connectivity index (χ0v) is 19.3. The Bertz CT molecular complexity index is 1360. The number of aryl methyl sites for hydroxylation is 2. The summed E-state index contributed by atoms with van der Waals surface area (Å²) in [6.07, 6.45) is 1.82. The average molecular weight is 445 g/mol. The fourth-order valence-electron chi connectivity index (χ4n) is 4.64. The molecule has 0 saturated heterocycles. The maximum Gasteiger partial charge on any atom is 0.222 e. The van der Waals surface area contributed by atoms with Crippen LogP contribution in [0.4, 0.5) is 17.7 Å². The Hall–Kier alpha value is -3.88. The van der Waals surface area contributed by atoms with Gasteiger partial charge in [-0.15, -0.1) is 0 Å². The molecule has 9 nitrogen and oxygen atoms in total. The van der Waals surface area contributed by atoms with E-state index in [1.54, 1.807) is 0 Å². The molecular formula is C24H28N8O. The highest BCUT2D eigenvalue weighted by Crippen LogP contribution is 2.36. The van der Waals surface area contributed by atoms with Gasteiger partial charge in [0.25, 0.3) is 0 Å². The number of benzene rings is 1. The Labute approximate surface area is 192 Å². The molecule has 0 aliphatic carbocycles. The lowest BCUT2D eigenvalue weighted by atomic mass is 9.99. The standard InChI is InChI=1S/C24H28N8O/c1-12(2)19-14(4)28-23(25)31-22(19)32-5-6-33-20-13(3)7-15(8-17(20)11-32)16-9-18-21(27-10-16)30-24(26)29-18/h7-10,12H,5-6,11H2,1-4H3,(H2,25,28,31)(H3,26,27,29,30). The SMILES string of the molecule is Cc1cc(-c2cnc3nc(N)[nH]c3c2)cc2c1OCCN(c1nc(N)nc(C)c1C(C)C)C2. The first-order valence-corrected chi connectivity index (χ1v) is 11.1. The van der Waals surface area contributed by atoms with Gasteiger partial charge in [-0.1, -0.05) is 13.8 Å².